The molecule has 4 rings (SSSR count). The average molecular weight is 370 g/mol. The third-order valence-electron chi connectivity index (χ3n) is 4.48. The van der Waals surface area contributed by atoms with Gasteiger partial charge in [-0.3, -0.25) is 4.98 Å². The minimum atomic E-state index is 0.667. The van der Waals surface area contributed by atoms with E-state index in [1.54, 1.807) is 12.3 Å². The third-order valence-corrected chi connectivity index (χ3v) is 4.48. The monoisotopic (exact) mass is 370 g/mol. The van der Waals surface area contributed by atoms with E-state index in [9.17, 15) is 0 Å². The Bertz CT molecular complexity index is 1060. The molecule has 4 nitrogen and oxygen atoms in total. The Balaban J connectivity index is 1.43. The van der Waals surface area contributed by atoms with Crippen LogP contribution in [0.4, 0.5) is 5.69 Å². The molecule has 0 fully saturated rings. The number of nitrogens with zero attached hydrogens (tertiary/aromatic N) is 1. The molecule has 0 amide bonds. The van der Waals surface area contributed by atoms with Crippen LogP contribution in [-0.2, 0) is 6.42 Å². The van der Waals surface area contributed by atoms with Crippen molar-refractivity contribution in [3.05, 3.63) is 90.6 Å². The fourth-order valence-electron chi connectivity index (χ4n) is 3.10. The summed E-state index contributed by atoms with van der Waals surface area (Å²) in [6.45, 7) is 0.667. The van der Waals surface area contributed by atoms with Crippen LogP contribution in [0.2, 0.25) is 0 Å². The smallest absolute Gasteiger partial charge is 0.138 e. The van der Waals surface area contributed by atoms with E-state index in [1.165, 1.54) is 5.56 Å². The molecular weight excluding hydrogens is 348 g/mol. The van der Waals surface area contributed by atoms with Crippen molar-refractivity contribution in [1.29, 1.82) is 0 Å². The highest BCUT2D eigenvalue weighted by atomic mass is 16.5. The number of hydrogen-bond donors (Lipinski definition) is 1. The molecule has 1 heterocycles. The predicted octanol–water partition coefficient (Wildman–Crippen LogP) is 5.62. The molecule has 0 spiro atoms. The van der Waals surface area contributed by atoms with Gasteiger partial charge in [-0.1, -0.05) is 36.4 Å². The Labute approximate surface area is 164 Å². The van der Waals surface area contributed by atoms with Crippen molar-refractivity contribution in [2.45, 2.75) is 12.8 Å². The zero-order chi connectivity index (χ0) is 19.2. The number of ether oxygens (including phenoxy) is 2. The minimum Gasteiger partial charge on any atom is -0.494 e. The SMILES string of the molecule is Nc1cccc(Oc2ccnc3cc(OCCCc4ccccc4)ccc23)c1. The molecule has 0 atom stereocenters. The lowest BCUT2D eigenvalue weighted by Crippen LogP contribution is -1.99. The Hall–Kier alpha value is -3.53. The van der Waals surface area contributed by atoms with Crippen LogP contribution < -0.4 is 15.2 Å². The summed E-state index contributed by atoms with van der Waals surface area (Å²) in [5.74, 6) is 2.26. The van der Waals surface area contributed by atoms with Gasteiger partial charge < -0.3 is 15.2 Å². The van der Waals surface area contributed by atoms with Gasteiger partial charge in [0.1, 0.15) is 17.2 Å². The van der Waals surface area contributed by atoms with Crippen molar-refractivity contribution in [3.63, 3.8) is 0 Å². The van der Waals surface area contributed by atoms with Gasteiger partial charge in [0.25, 0.3) is 0 Å². The number of fused-ring (bicyclic) bond motifs is 1. The summed E-state index contributed by atoms with van der Waals surface area (Å²) >= 11 is 0. The van der Waals surface area contributed by atoms with E-state index in [-0.39, 0.29) is 0 Å². The largest absolute Gasteiger partial charge is 0.494 e. The Morgan fingerprint density at radius 3 is 2.57 bits per heavy atom. The van der Waals surface area contributed by atoms with Gasteiger partial charge in [-0.2, -0.15) is 0 Å². The standard InChI is InChI=1S/C24H22N2O2/c25-19-9-4-10-21(16-19)28-24-13-14-26-23-17-20(11-12-22(23)24)27-15-5-8-18-6-2-1-3-7-18/h1-4,6-7,9-14,16-17H,5,8,15,25H2. The maximum absolute atomic E-state index is 6.00. The summed E-state index contributed by atoms with van der Waals surface area (Å²) in [6.07, 6.45) is 3.71. The molecule has 4 aromatic rings. The van der Waals surface area contributed by atoms with Crippen LogP contribution in [0.25, 0.3) is 10.9 Å². The Morgan fingerprint density at radius 1 is 0.821 bits per heavy atom. The topological polar surface area (TPSA) is 57.4 Å². The number of aryl methyl sites for hydroxylation is 1. The summed E-state index contributed by atoms with van der Waals surface area (Å²) in [6, 6.07) is 25.6. The van der Waals surface area contributed by atoms with Crippen LogP contribution in [0.1, 0.15) is 12.0 Å². The second-order valence-electron chi connectivity index (χ2n) is 6.60. The van der Waals surface area contributed by atoms with Crippen molar-refractivity contribution < 1.29 is 9.47 Å². The van der Waals surface area contributed by atoms with Crippen LogP contribution >= 0.6 is 0 Å². The van der Waals surface area contributed by atoms with Crippen LogP contribution in [0, 0.1) is 0 Å². The lowest BCUT2D eigenvalue weighted by Gasteiger charge is -2.11. The fourth-order valence-corrected chi connectivity index (χ4v) is 3.10. The molecule has 0 bridgehead atoms. The van der Waals surface area contributed by atoms with E-state index in [1.807, 2.05) is 48.5 Å². The summed E-state index contributed by atoms with van der Waals surface area (Å²) < 4.78 is 11.9. The van der Waals surface area contributed by atoms with Crippen LogP contribution in [-0.4, -0.2) is 11.6 Å². The summed E-state index contributed by atoms with van der Waals surface area (Å²) in [4.78, 5) is 4.45. The molecule has 0 saturated heterocycles. The molecule has 1 aromatic heterocycles. The average Bonchev–Trinajstić information content (AvgIpc) is 2.72. The molecule has 0 saturated carbocycles. The quantitative estimate of drug-likeness (QED) is 0.339. The number of anilines is 1. The molecule has 28 heavy (non-hydrogen) atoms. The van der Waals surface area contributed by atoms with Crippen molar-refractivity contribution in [2.75, 3.05) is 12.3 Å². The van der Waals surface area contributed by atoms with E-state index in [2.05, 4.69) is 29.2 Å². The number of nitrogen functional groups attached to an aromatic ring is 1. The summed E-state index contributed by atoms with van der Waals surface area (Å²) in [7, 11) is 0. The second kappa shape index (κ2) is 8.44. The van der Waals surface area contributed by atoms with Crippen molar-refractivity contribution >= 4 is 16.6 Å². The van der Waals surface area contributed by atoms with Gasteiger partial charge in [0.15, 0.2) is 0 Å². The molecule has 0 aliphatic rings. The Kier molecular flexibility index (Phi) is 5.38. The van der Waals surface area contributed by atoms with Crippen molar-refractivity contribution in [3.8, 4) is 17.2 Å². The Morgan fingerprint density at radius 2 is 1.71 bits per heavy atom. The lowest BCUT2D eigenvalue weighted by molar-refractivity contribution is 0.311. The van der Waals surface area contributed by atoms with Gasteiger partial charge in [0.05, 0.1) is 12.1 Å². The number of pyridine rings is 1. The van der Waals surface area contributed by atoms with E-state index in [0.717, 1.165) is 35.2 Å². The minimum absolute atomic E-state index is 0.667. The second-order valence-corrected chi connectivity index (χ2v) is 6.60. The van der Waals surface area contributed by atoms with Crippen LogP contribution in [0.3, 0.4) is 0 Å². The highest BCUT2D eigenvalue weighted by molar-refractivity contribution is 5.86. The molecule has 0 aliphatic carbocycles. The summed E-state index contributed by atoms with van der Waals surface area (Å²) in [5.41, 5.74) is 8.66. The van der Waals surface area contributed by atoms with Gasteiger partial charge in [0.2, 0.25) is 0 Å². The first-order valence-corrected chi connectivity index (χ1v) is 9.37. The van der Waals surface area contributed by atoms with Gasteiger partial charge in [-0.25, -0.2) is 0 Å². The maximum atomic E-state index is 6.00. The molecule has 0 unspecified atom stereocenters. The van der Waals surface area contributed by atoms with Crippen LogP contribution in [0.15, 0.2) is 85.1 Å². The zero-order valence-corrected chi connectivity index (χ0v) is 15.5. The molecule has 4 heteroatoms. The van der Waals surface area contributed by atoms with E-state index in [4.69, 9.17) is 15.2 Å². The first kappa shape index (κ1) is 17.9. The molecule has 0 radical (unpaired) electrons. The van der Waals surface area contributed by atoms with Gasteiger partial charge >= 0.3 is 0 Å². The maximum Gasteiger partial charge on any atom is 0.138 e. The van der Waals surface area contributed by atoms with Crippen molar-refractivity contribution in [2.24, 2.45) is 0 Å². The highest BCUT2D eigenvalue weighted by Crippen LogP contribution is 2.31. The van der Waals surface area contributed by atoms with Gasteiger partial charge in [-0.05, 0) is 48.7 Å². The molecule has 140 valence electrons. The molecule has 3 aromatic carbocycles. The molecule has 0 aliphatic heterocycles. The third kappa shape index (κ3) is 4.41. The van der Waals surface area contributed by atoms with Gasteiger partial charge in [0, 0.05) is 29.4 Å². The molecular formula is C24H22N2O2. The lowest BCUT2D eigenvalue weighted by atomic mass is 10.1. The first-order chi connectivity index (χ1) is 13.8. The highest BCUT2D eigenvalue weighted by Gasteiger charge is 2.06. The number of aromatic nitrogens is 1. The number of nitrogens with two attached hydrogens (primary N) is 1. The van der Waals surface area contributed by atoms with Crippen LogP contribution in [0.5, 0.6) is 17.2 Å². The van der Waals surface area contributed by atoms with Gasteiger partial charge in [-0.15, -0.1) is 0 Å². The predicted molar refractivity (Wildman–Crippen MR) is 113 cm³/mol. The zero-order valence-electron chi connectivity index (χ0n) is 15.5. The van der Waals surface area contributed by atoms with E-state index >= 15 is 0 Å². The normalized spacial score (nSPS) is 10.7. The van der Waals surface area contributed by atoms with E-state index < -0.39 is 0 Å². The number of rotatable bonds is 7. The van der Waals surface area contributed by atoms with Crippen molar-refractivity contribution in [1.82, 2.24) is 4.98 Å². The first-order valence-electron chi connectivity index (χ1n) is 9.37. The summed E-state index contributed by atoms with van der Waals surface area (Å²) in [5, 5.41) is 0.932. The number of benzene rings is 3. The van der Waals surface area contributed by atoms with E-state index in [0.29, 0.717) is 18.0 Å². The number of hydrogen-bond acceptors (Lipinski definition) is 4. The molecule has 2 N–H and O–H groups in total. The fraction of sp³-hybridized carbons (Fsp3) is 0.125.